The Bertz CT molecular complexity index is 988. The van der Waals surface area contributed by atoms with Gasteiger partial charge in [-0.3, -0.25) is 14.0 Å². The summed E-state index contributed by atoms with van der Waals surface area (Å²) in [6.07, 6.45) is -0.832. The van der Waals surface area contributed by atoms with Gasteiger partial charge in [0.25, 0.3) is 5.91 Å². The van der Waals surface area contributed by atoms with Gasteiger partial charge in [0.15, 0.2) is 6.10 Å². The molecular weight excluding hydrogens is 402 g/mol. The molecule has 2 aromatic rings. The quantitative estimate of drug-likeness (QED) is 0.727. The topological polar surface area (TPSA) is 70.2 Å². The first-order valence-electron chi connectivity index (χ1n) is 10.3. The van der Waals surface area contributed by atoms with E-state index in [1.54, 1.807) is 36.1 Å². The number of fused-ring (bicyclic) bond motifs is 1. The van der Waals surface area contributed by atoms with Gasteiger partial charge in [0.05, 0.1) is 18.0 Å². The van der Waals surface area contributed by atoms with Crippen LogP contribution in [0.1, 0.15) is 12.5 Å². The summed E-state index contributed by atoms with van der Waals surface area (Å²) >= 11 is 0. The fourth-order valence-electron chi connectivity index (χ4n) is 3.92. The van der Waals surface area contributed by atoms with Crippen LogP contribution in [-0.2, 0) is 21.4 Å². The number of sulfonamides is 1. The van der Waals surface area contributed by atoms with E-state index in [1.807, 2.05) is 18.2 Å². The number of nitrogens with zero attached hydrogens (tertiary/aromatic N) is 3. The molecule has 0 spiro atoms. The Hall–Kier alpha value is -2.58. The molecule has 2 aliphatic rings. The fraction of sp³-hybridized carbons (Fsp3) is 0.409. The summed E-state index contributed by atoms with van der Waals surface area (Å²) in [4.78, 5) is 17.3. The number of amides is 1. The summed E-state index contributed by atoms with van der Waals surface area (Å²) in [5.41, 5.74) is 1.75. The van der Waals surface area contributed by atoms with E-state index in [0.29, 0.717) is 24.5 Å². The molecule has 1 amide bonds. The molecule has 0 aromatic heterocycles. The standard InChI is InChI=1S/C22H27N3O4S/c1-2-30(27,28)25-17-21(29-20-11-7-6-10-19(20)25)22(26)24-14-12-23(13-15-24)16-18-8-4-3-5-9-18/h3-11,21H,2,12-17H2,1H3. The van der Waals surface area contributed by atoms with E-state index < -0.39 is 16.1 Å². The van der Waals surface area contributed by atoms with Gasteiger partial charge in [-0.2, -0.15) is 0 Å². The number of carbonyl (C=O) groups is 1. The molecule has 2 aromatic carbocycles. The number of hydrogen-bond acceptors (Lipinski definition) is 5. The summed E-state index contributed by atoms with van der Waals surface area (Å²) in [7, 11) is -3.50. The zero-order chi connectivity index (χ0) is 21.1. The van der Waals surface area contributed by atoms with Crippen molar-refractivity contribution >= 4 is 21.6 Å². The maximum absolute atomic E-state index is 13.1. The molecule has 0 bridgehead atoms. The van der Waals surface area contributed by atoms with Gasteiger partial charge in [-0.1, -0.05) is 42.5 Å². The van der Waals surface area contributed by atoms with Crippen LogP contribution in [0.25, 0.3) is 0 Å². The highest BCUT2D eigenvalue weighted by Crippen LogP contribution is 2.35. The molecule has 0 radical (unpaired) electrons. The maximum atomic E-state index is 13.1. The van der Waals surface area contributed by atoms with Gasteiger partial charge in [0.1, 0.15) is 5.75 Å². The molecule has 30 heavy (non-hydrogen) atoms. The molecule has 8 heteroatoms. The van der Waals surface area contributed by atoms with Gasteiger partial charge >= 0.3 is 0 Å². The highest BCUT2D eigenvalue weighted by molar-refractivity contribution is 7.92. The average Bonchev–Trinajstić information content (AvgIpc) is 2.79. The number of carbonyl (C=O) groups excluding carboxylic acids is 1. The number of para-hydroxylation sites is 2. The first kappa shape index (κ1) is 20.7. The lowest BCUT2D eigenvalue weighted by Gasteiger charge is -2.39. The predicted octanol–water partition coefficient (Wildman–Crippen LogP) is 1.95. The van der Waals surface area contributed by atoms with Crippen LogP contribution in [0.4, 0.5) is 5.69 Å². The second kappa shape index (κ2) is 8.65. The van der Waals surface area contributed by atoms with Crippen molar-refractivity contribution in [1.29, 1.82) is 0 Å². The van der Waals surface area contributed by atoms with Crippen LogP contribution in [0.15, 0.2) is 54.6 Å². The van der Waals surface area contributed by atoms with E-state index in [4.69, 9.17) is 4.74 Å². The van der Waals surface area contributed by atoms with Gasteiger partial charge < -0.3 is 9.64 Å². The second-order valence-corrected chi connectivity index (χ2v) is 9.77. The predicted molar refractivity (Wildman–Crippen MR) is 116 cm³/mol. The number of hydrogen-bond donors (Lipinski definition) is 0. The van der Waals surface area contributed by atoms with Crippen molar-refractivity contribution in [3.8, 4) is 5.75 Å². The Labute approximate surface area is 177 Å². The lowest BCUT2D eigenvalue weighted by atomic mass is 10.1. The van der Waals surface area contributed by atoms with Crippen molar-refractivity contribution in [3.63, 3.8) is 0 Å². The van der Waals surface area contributed by atoms with E-state index in [1.165, 1.54) is 9.87 Å². The van der Waals surface area contributed by atoms with Crippen LogP contribution in [-0.4, -0.2) is 68.7 Å². The maximum Gasteiger partial charge on any atom is 0.265 e. The van der Waals surface area contributed by atoms with Crippen molar-refractivity contribution in [2.24, 2.45) is 0 Å². The minimum Gasteiger partial charge on any atom is -0.476 e. The SMILES string of the molecule is CCS(=O)(=O)N1CC(C(=O)N2CCN(Cc3ccccc3)CC2)Oc2ccccc21. The van der Waals surface area contributed by atoms with Gasteiger partial charge in [-0.15, -0.1) is 0 Å². The van der Waals surface area contributed by atoms with Crippen molar-refractivity contribution in [2.75, 3.05) is 42.8 Å². The van der Waals surface area contributed by atoms with Crippen LogP contribution >= 0.6 is 0 Å². The molecule has 0 aliphatic carbocycles. The first-order valence-corrected chi connectivity index (χ1v) is 11.9. The third-order valence-corrected chi connectivity index (χ3v) is 7.39. The zero-order valence-corrected chi connectivity index (χ0v) is 17.9. The van der Waals surface area contributed by atoms with Crippen LogP contribution in [0, 0.1) is 0 Å². The molecule has 1 fully saturated rings. The van der Waals surface area contributed by atoms with Gasteiger partial charge in [0, 0.05) is 32.7 Å². The first-order chi connectivity index (χ1) is 14.5. The average molecular weight is 430 g/mol. The molecule has 160 valence electrons. The van der Waals surface area contributed by atoms with Crippen molar-refractivity contribution < 1.29 is 17.9 Å². The summed E-state index contributed by atoms with van der Waals surface area (Å²) < 4.78 is 32.5. The Kier molecular flexibility index (Phi) is 5.97. The van der Waals surface area contributed by atoms with Crippen LogP contribution in [0.2, 0.25) is 0 Å². The van der Waals surface area contributed by atoms with E-state index in [2.05, 4.69) is 17.0 Å². The lowest BCUT2D eigenvalue weighted by Crippen LogP contribution is -2.56. The van der Waals surface area contributed by atoms with Crippen molar-refractivity contribution in [3.05, 3.63) is 60.2 Å². The normalized spacial score (nSPS) is 19.8. The van der Waals surface area contributed by atoms with Crippen molar-refractivity contribution in [1.82, 2.24) is 9.80 Å². The Balaban J connectivity index is 1.43. The molecule has 1 unspecified atom stereocenters. The monoisotopic (exact) mass is 429 g/mol. The highest BCUT2D eigenvalue weighted by atomic mass is 32.2. The highest BCUT2D eigenvalue weighted by Gasteiger charge is 2.38. The Morgan fingerprint density at radius 1 is 1.00 bits per heavy atom. The summed E-state index contributed by atoms with van der Waals surface area (Å²) in [6.45, 7) is 5.24. The Morgan fingerprint density at radius 3 is 2.37 bits per heavy atom. The number of benzene rings is 2. The Morgan fingerprint density at radius 2 is 1.67 bits per heavy atom. The molecule has 2 aliphatic heterocycles. The molecule has 7 nitrogen and oxygen atoms in total. The van der Waals surface area contributed by atoms with Crippen LogP contribution < -0.4 is 9.04 Å². The molecule has 4 rings (SSSR count). The van der Waals surface area contributed by atoms with Gasteiger partial charge in [0.2, 0.25) is 10.0 Å². The van der Waals surface area contributed by atoms with Gasteiger partial charge in [-0.25, -0.2) is 8.42 Å². The van der Waals surface area contributed by atoms with E-state index in [-0.39, 0.29) is 18.2 Å². The largest absolute Gasteiger partial charge is 0.476 e. The smallest absolute Gasteiger partial charge is 0.265 e. The number of piperazine rings is 1. The molecule has 1 saturated heterocycles. The van der Waals surface area contributed by atoms with E-state index in [9.17, 15) is 13.2 Å². The summed E-state index contributed by atoms with van der Waals surface area (Å²) in [6, 6.07) is 17.3. The van der Waals surface area contributed by atoms with Crippen LogP contribution in [0.5, 0.6) is 5.75 Å². The number of ether oxygens (including phenoxy) is 1. The number of rotatable bonds is 5. The third-order valence-electron chi connectivity index (χ3n) is 5.64. The van der Waals surface area contributed by atoms with Crippen molar-refractivity contribution in [2.45, 2.75) is 19.6 Å². The summed E-state index contributed by atoms with van der Waals surface area (Å²) in [5.74, 6) is 0.252. The third kappa shape index (κ3) is 4.29. The fourth-order valence-corrected chi connectivity index (χ4v) is 5.05. The molecule has 0 saturated carbocycles. The van der Waals surface area contributed by atoms with Gasteiger partial charge in [-0.05, 0) is 24.6 Å². The summed E-state index contributed by atoms with van der Waals surface area (Å²) in [5, 5.41) is 0. The van der Waals surface area contributed by atoms with Crippen LogP contribution in [0.3, 0.4) is 0 Å². The zero-order valence-electron chi connectivity index (χ0n) is 17.1. The number of anilines is 1. The minimum absolute atomic E-state index is 0.0102. The molecule has 0 N–H and O–H groups in total. The lowest BCUT2D eigenvalue weighted by molar-refractivity contribution is -0.140. The minimum atomic E-state index is -3.50. The van der Waals surface area contributed by atoms with E-state index in [0.717, 1.165) is 19.6 Å². The van der Waals surface area contributed by atoms with E-state index >= 15 is 0 Å². The molecular formula is C22H27N3O4S. The molecule has 2 heterocycles. The molecule has 1 atom stereocenters. The second-order valence-electron chi connectivity index (χ2n) is 7.59.